The predicted molar refractivity (Wildman–Crippen MR) is 197 cm³/mol. The van der Waals surface area contributed by atoms with Crippen LogP contribution in [0.4, 0.5) is 0 Å². The van der Waals surface area contributed by atoms with Crippen LogP contribution in [0.25, 0.3) is 0 Å². The van der Waals surface area contributed by atoms with Gasteiger partial charge in [0.15, 0.2) is 6.54 Å². The van der Waals surface area contributed by atoms with Crippen molar-refractivity contribution in [3.05, 3.63) is 114 Å². The minimum Gasteiger partial charge on any atom is -0.365 e. The third-order valence-corrected chi connectivity index (χ3v) is 12.2. The highest BCUT2D eigenvalue weighted by Crippen LogP contribution is 2.45. The number of nitrogens with two attached hydrogens (primary N) is 1. The second-order valence-corrected chi connectivity index (χ2v) is 16.3. The number of piperazine rings is 1. The Balaban J connectivity index is 1.64. The van der Waals surface area contributed by atoms with Crippen LogP contribution in [-0.2, 0) is 11.2 Å². The van der Waals surface area contributed by atoms with Gasteiger partial charge in [-0.1, -0.05) is 93.1 Å². The van der Waals surface area contributed by atoms with Crippen molar-refractivity contribution < 1.29 is 9.28 Å². The van der Waals surface area contributed by atoms with Crippen LogP contribution in [0.1, 0.15) is 17.0 Å². The van der Waals surface area contributed by atoms with Crippen LogP contribution in [-0.4, -0.2) is 61.6 Å². The maximum Gasteiger partial charge on any atom is 0.272 e. The van der Waals surface area contributed by atoms with Crippen molar-refractivity contribution in [3.63, 3.8) is 0 Å². The quantitative estimate of drug-likeness (QED) is 0.154. The minimum atomic E-state index is -0.326. The summed E-state index contributed by atoms with van der Waals surface area (Å²) >= 11 is 42.7. The lowest BCUT2D eigenvalue weighted by Crippen LogP contribution is -2.62. The molecule has 242 valence electrons. The lowest BCUT2D eigenvalue weighted by Gasteiger charge is -2.45. The fourth-order valence-electron chi connectivity index (χ4n) is 5.84. The van der Waals surface area contributed by atoms with E-state index in [-0.39, 0.29) is 18.4 Å². The van der Waals surface area contributed by atoms with Crippen LogP contribution >= 0.6 is 93.1 Å². The number of hydrogen-bond donors (Lipinski definition) is 1. The second-order valence-electron chi connectivity index (χ2n) is 11.6. The van der Waals surface area contributed by atoms with Crippen molar-refractivity contribution >= 4 is 99.0 Å². The number of halogens is 6. The molecule has 0 aromatic heterocycles. The third kappa shape index (κ3) is 9.44. The first-order valence-corrected chi connectivity index (χ1v) is 18.5. The van der Waals surface area contributed by atoms with E-state index >= 15 is 0 Å². The predicted octanol–water partition coefficient (Wildman–Crippen LogP) is 10.5. The summed E-state index contributed by atoms with van der Waals surface area (Å²) in [6.07, 6.45) is 0.565. The van der Waals surface area contributed by atoms with Crippen LogP contribution < -0.4 is 5.73 Å². The number of quaternary nitrogens is 1. The number of carbonyl (C=O) groups is 1. The summed E-state index contributed by atoms with van der Waals surface area (Å²) in [5.41, 5.74) is 7.85. The zero-order valence-electron chi connectivity index (χ0n) is 24.9. The largest absolute Gasteiger partial charge is 0.365 e. The first-order chi connectivity index (χ1) is 21.9. The molecule has 1 aliphatic heterocycles. The Morgan fingerprint density at radius 3 is 1.80 bits per heavy atom. The minimum absolute atomic E-state index is 0.132. The molecule has 4 aromatic carbocycles. The lowest BCUT2D eigenvalue weighted by molar-refractivity contribution is -0.926. The maximum atomic E-state index is 12.5. The van der Waals surface area contributed by atoms with Gasteiger partial charge in [-0.15, -0.1) is 0 Å². The molecule has 1 aliphatic rings. The molecule has 1 saturated heterocycles. The van der Waals surface area contributed by atoms with Gasteiger partial charge in [0.1, 0.15) is 0 Å². The van der Waals surface area contributed by atoms with Gasteiger partial charge in [0.05, 0.1) is 29.7 Å². The summed E-state index contributed by atoms with van der Waals surface area (Å²) < 4.78 is 0.549. The highest BCUT2D eigenvalue weighted by molar-refractivity contribution is 7.99. The van der Waals surface area contributed by atoms with Crippen molar-refractivity contribution in [2.45, 2.75) is 31.9 Å². The van der Waals surface area contributed by atoms with Gasteiger partial charge in [0.25, 0.3) is 5.91 Å². The summed E-state index contributed by atoms with van der Waals surface area (Å²) in [4.78, 5) is 18.6. The van der Waals surface area contributed by atoms with Crippen molar-refractivity contribution in [1.82, 2.24) is 4.90 Å². The highest BCUT2D eigenvalue weighted by Gasteiger charge is 2.38. The van der Waals surface area contributed by atoms with E-state index in [0.29, 0.717) is 47.6 Å². The molecular formula is C34H32Cl6N3OS2+. The van der Waals surface area contributed by atoms with Crippen LogP contribution in [0.3, 0.4) is 0 Å². The highest BCUT2D eigenvalue weighted by atomic mass is 35.5. The van der Waals surface area contributed by atoms with E-state index in [4.69, 9.17) is 75.3 Å². The first-order valence-electron chi connectivity index (χ1n) is 14.6. The first kappa shape index (κ1) is 36.0. The summed E-state index contributed by atoms with van der Waals surface area (Å²) in [7, 11) is 2.10. The van der Waals surface area contributed by atoms with Gasteiger partial charge < -0.3 is 10.2 Å². The van der Waals surface area contributed by atoms with E-state index in [1.807, 2.05) is 60.7 Å². The van der Waals surface area contributed by atoms with Crippen molar-refractivity contribution in [1.29, 1.82) is 0 Å². The van der Waals surface area contributed by atoms with Gasteiger partial charge in [-0.05, 0) is 97.4 Å². The Hall–Kier alpha value is -1.29. The Kier molecular flexibility index (Phi) is 12.5. The Labute approximate surface area is 309 Å². The van der Waals surface area contributed by atoms with Crippen LogP contribution in [0.5, 0.6) is 0 Å². The molecule has 4 nitrogen and oxygen atoms in total. The van der Waals surface area contributed by atoms with Gasteiger partial charge in [-0.25, -0.2) is 0 Å². The van der Waals surface area contributed by atoms with Crippen molar-refractivity contribution in [2.75, 3.05) is 46.3 Å². The number of amides is 1. The van der Waals surface area contributed by atoms with E-state index in [1.165, 1.54) is 0 Å². The molecule has 4 aromatic rings. The normalized spacial score (nSPS) is 15.5. The molecule has 12 heteroatoms. The fourth-order valence-corrected chi connectivity index (χ4v) is 9.32. The van der Waals surface area contributed by atoms with E-state index < -0.39 is 0 Å². The van der Waals surface area contributed by atoms with E-state index in [9.17, 15) is 4.79 Å². The van der Waals surface area contributed by atoms with Crippen LogP contribution in [0.2, 0.25) is 30.1 Å². The topological polar surface area (TPSA) is 46.3 Å². The van der Waals surface area contributed by atoms with Gasteiger partial charge in [0.2, 0.25) is 0 Å². The molecule has 1 unspecified atom stereocenters. The molecule has 2 N–H and O–H groups in total. The Bertz CT molecular complexity index is 1700. The number of primary amides is 1. The number of hydrogen-bond acceptors (Lipinski definition) is 4. The summed E-state index contributed by atoms with van der Waals surface area (Å²) in [6, 6.07) is 22.8. The standard InChI is InChI=1S/C34H31Cl6N3OS2/c1-42-10-12-43(13-11-42,20-32(41)44)19-22(29-16-26(38)18-31(40)34(29)46-28-8-4-24(36)5-9-28)14-21-15-25(37)17-30(39)33(21)45-27-6-2-23(35)3-7-27/h2-9,15-18,22H,10-14,19-20H2,1H3,(H-,41,44)/p+1. The molecule has 5 rings (SSSR count). The van der Waals surface area contributed by atoms with Gasteiger partial charge in [-0.2, -0.15) is 0 Å². The Morgan fingerprint density at radius 1 is 0.761 bits per heavy atom. The average Bonchev–Trinajstić information content (AvgIpc) is 2.99. The van der Waals surface area contributed by atoms with E-state index in [0.717, 1.165) is 56.9 Å². The third-order valence-electron chi connectivity index (χ3n) is 8.11. The molecule has 1 fully saturated rings. The molecule has 46 heavy (non-hydrogen) atoms. The average molecular weight is 776 g/mol. The summed E-state index contributed by atoms with van der Waals surface area (Å²) in [6.45, 7) is 4.14. The molecule has 1 amide bonds. The van der Waals surface area contributed by atoms with Gasteiger partial charge in [-0.3, -0.25) is 9.69 Å². The summed E-state index contributed by atoms with van der Waals surface area (Å²) in [5.74, 6) is -0.458. The zero-order valence-corrected chi connectivity index (χ0v) is 31.1. The SMILES string of the molecule is CN1CC[N+](CC(N)=O)(CC(Cc2cc(Cl)cc(Cl)c2Sc2ccc(Cl)cc2)c2cc(Cl)cc(Cl)c2Sc2ccc(Cl)cc2)CC1. The zero-order chi connectivity index (χ0) is 33.0. The number of benzene rings is 4. The molecule has 0 bridgehead atoms. The molecule has 0 saturated carbocycles. The van der Waals surface area contributed by atoms with Crippen molar-refractivity contribution in [2.24, 2.45) is 5.73 Å². The van der Waals surface area contributed by atoms with Gasteiger partial charge in [0, 0.05) is 58.7 Å². The van der Waals surface area contributed by atoms with Crippen molar-refractivity contribution in [3.8, 4) is 0 Å². The molecule has 1 heterocycles. The van der Waals surface area contributed by atoms with E-state index in [1.54, 1.807) is 35.7 Å². The van der Waals surface area contributed by atoms with Crippen LogP contribution in [0.15, 0.2) is 92.4 Å². The maximum absolute atomic E-state index is 12.5. The molecule has 1 atom stereocenters. The monoisotopic (exact) mass is 772 g/mol. The number of carbonyl (C=O) groups excluding carboxylic acids is 1. The lowest BCUT2D eigenvalue weighted by atomic mass is 9.89. The number of rotatable bonds is 11. The molecule has 0 spiro atoms. The fraction of sp³-hybridized carbons (Fsp3) is 0.265. The molecule has 0 aliphatic carbocycles. The smallest absolute Gasteiger partial charge is 0.272 e. The molecule has 0 radical (unpaired) electrons. The number of likely N-dealkylation sites (N-methyl/N-ethyl adjacent to an activating group) is 1. The Morgan fingerprint density at radius 2 is 1.26 bits per heavy atom. The molecular weight excluding hydrogens is 743 g/mol. The summed E-state index contributed by atoms with van der Waals surface area (Å²) in [5, 5.41) is 3.49. The number of nitrogens with zero attached hydrogens (tertiary/aromatic N) is 2. The van der Waals surface area contributed by atoms with E-state index in [2.05, 4.69) is 11.9 Å². The van der Waals surface area contributed by atoms with Gasteiger partial charge >= 0.3 is 0 Å². The second kappa shape index (κ2) is 15.9. The van der Waals surface area contributed by atoms with Crippen LogP contribution in [0, 0.1) is 0 Å².